The van der Waals surface area contributed by atoms with Gasteiger partial charge in [-0.05, 0) is 55.9 Å². The molecule has 0 fully saturated rings. The molecule has 0 amide bonds. The predicted octanol–water partition coefficient (Wildman–Crippen LogP) is 4.53. The minimum absolute atomic E-state index is 0.535. The predicted molar refractivity (Wildman–Crippen MR) is 82.8 cm³/mol. The molecule has 0 bridgehead atoms. The molecule has 0 saturated carbocycles. The zero-order chi connectivity index (χ0) is 13.2. The molecule has 19 heavy (non-hydrogen) atoms. The first kappa shape index (κ1) is 12.9. The maximum Gasteiger partial charge on any atom is 0.0326 e. The van der Waals surface area contributed by atoms with E-state index in [2.05, 4.69) is 49.5 Å². The van der Waals surface area contributed by atoms with Crippen LogP contribution in [0.5, 0.6) is 0 Å². The van der Waals surface area contributed by atoms with Gasteiger partial charge in [0.1, 0.15) is 0 Å². The van der Waals surface area contributed by atoms with E-state index in [0.717, 1.165) is 6.54 Å². The van der Waals surface area contributed by atoms with Crippen LogP contribution in [0.25, 0.3) is 0 Å². The molecule has 100 valence electrons. The lowest BCUT2D eigenvalue weighted by Gasteiger charge is -2.26. The zero-order valence-corrected chi connectivity index (χ0v) is 12.5. The highest BCUT2D eigenvalue weighted by atomic mass is 32.1. The number of rotatable bonds is 3. The van der Waals surface area contributed by atoms with Gasteiger partial charge in [0.25, 0.3) is 0 Å². The fraction of sp³-hybridized carbons (Fsp3) is 0.412. The number of aryl methyl sites for hydroxylation is 3. The second-order valence-electron chi connectivity index (χ2n) is 5.48. The van der Waals surface area contributed by atoms with E-state index in [4.69, 9.17) is 0 Å². The first-order valence-electron chi connectivity index (χ1n) is 7.11. The monoisotopic (exact) mass is 271 g/mol. The molecule has 0 radical (unpaired) electrons. The van der Waals surface area contributed by atoms with Crippen molar-refractivity contribution >= 4 is 11.3 Å². The maximum absolute atomic E-state index is 3.75. The van der Waals surface area contributed by atoms with Gasteiger partial charge in [-0.3, -0.25) is 0 Å². The Morgan fingerprint density at radius 3 is 2.89 bits per heavy atom. The Kier molecular flexibility index (Phi) is 3.72. The third-order valence-corrected chi connectivity index (χ3v) is 5.26. The van der Waals surface area contributed by atoms with Crippen LogP contribution in [0, 0.1) is 13.8 Å². The van der Waals surface area contributed by atoms with E-state index in [9.17, 15) is 0 Å². The zero-order valence-electron chi connectivity index (χ0n) is 11.7. The molecular weight excluding hydrogens is 250 g/mol. The van der Waals surface area contributed by atoms with Crippen molar-refractivity contribution in [2.45, 2.75) is 45.7 Å². The number of nitrogens with one attached hydrogen (secondary N) is 1. The second-order valence-corrected chi connectivity index (χ2v) is 6.82. The first-order chi connectivity index (χ1) is 9.24. The van der Waals surface area contributed by atoms with Crippen molar-refractivity contribution < 1.29 is 0 Å². The van der Waals surface area contributed by atoms with Gasteiger partial charge < -0.3 is 5.32 Å². The minimum atomic E-state index is 0.535. The molecule has 1 aliphatic rings. The summed E-state index contributed by atoms with van der Waals surface area (Å²) in [5.74, 6) is 0. The van der Waals surface area contributed by atoms with Gasteiger partial charge in [-0.1, -0.05) is 24.3 Å². The largest absolute Gasteiger partial charge is 0.305 e. The van der Waals surface area contributed by atoms with Crippen LogP contribution >= 0.6 is 11.3 Å². The average Bonchev–Trinajstić information content (AvgIpc) is 2.75. The van der Waals surface area contributed by atoms with Crippen molar-refractivity contribution in [2.24, 2.45) is 0 Å². The van der Waals surface area contributed by atoms with Gasteiger partial charge in [0.2, 0.25) is 0 Å². The molecule has 0 spiro atoms. The summed E-state index contributed by atoms with van der Waals surface area (Å²) in [4.78, 5) is 2.90. The quantitative estimate of drug-likeness (QED) is 0.864. The van der Waals surface area contributed by atoms with Crippen molar-refractivity contribution in [3.05, 3.63) is 56.8 Å². The Morgan fingerprint density at radius 2 is 2.11 bits per heavy atom. The molecule has 1 aromatic carbocycles. The lowest BCUT2D eigenvalue weighted by atomic mass is 9.88. The molecule has 2 heteroatoms. The van der Waals surface area contributed by atoms with Crippen molar-refractivity contribution in [1.29, 1.82) is 0 Å². The Hall–Kier alpha value is -1.12. The van der Waals surface area contributed by atoms with Gasteiger partial charge in [0.05, 0.1) is 0 Å². The van der Waals surface area contributed by atoms with Gasteiger partial charge in [-0.25, -0.2) is 0 Å². The fourth-order valence-corrected chi connectivity index (χ4v) is 3.93. The molecule has 3 rings (SSSR count). The molecule has 1 heterocycles. The molecular formula is C17H21NS. The van der Waals surface area contributed by atoms with Crippen LogP contribution in [0.15, 0.2) is 30.3 Å². The van der Waals surface area contributed by atoms with E-state index in [0.29, 0.717) is 6.04 Å². The Bertz CT molecular complexity index is 551. The van der Waals surface area contributed by atoms with E-state index in [1.54, 1.807) is 0 Å². The summed E-state index contributed by atoms with van der Waals surface area (Å²) in [5.41, 5.74) is 4.47. The molecule has 1 aromatic heterocycles. The van der Waals surface area contributed by atoms with Crippen LogP contribution in [0.4, 0.5) is 0 Å². The Morgan fingerprint density at radius 1 is 1.26 bits per heavy atom. The summed E-state index contributed by atoms with van der Waals surface area (Å²) in [6, 6.07) is 11.8. The van der Waals surface area contributed by atoms with Gasteiger partial charge in [0.15, 0.2) is 0 Å². The smallest absolute Gasteiger partial charge is 0.0326 e. The summed E-state index contributed by atoms with van der Waals surface area (Å²) in [5, 5.41) is 3.75. The number of thiophene rings is 1. The Balaban J connectivity index is 1.71. The SMILES string of the molecule is Cc1cc(CNC2CCCc3ccccc32)sc1C. The van der Waals surface area contributed by atoms with Gasteiger partial charge >= 0.3 is 0 Å². The van der Waals surface area contributed by atoms with Gasteiger partial charge in [-0.2, -0.15) is 0 Å². The van der Waals surface area contributed by atoms with Crippen LogP contribution in [0.1, 0.15) is 45.3 Å². The summed E-state index contributed by atoms with van der Waals surface area (Å²) >= 11 is 1.92. The fourth-order valence-electron chi connectivity index (χ4n) is 2.93. The van der Waals surface area contributed by atoms with E-state index in [1.807, 2.05) is 11.3 Å². The third kappa shape index (κ3) is 2.75. The number of fused-ring (bicyclic) bond motifs is 1. The Labute approximate surface area is 119 Å². The molecule has 1 N–H and O–H groups in total. The van der Waals surface area contributed by atoms with Gasteiger partial charge in [0, 0.05) is 22.3 Å². The highest BCUT2D eigenvalue weighted by Gasteiger charge is 2.19. The summed E-state index contributed by atoms with van der Waals surface area (Å²) in [6.07, 6.45) is 3.81. The van der Waals surface area contributed by atoms with E-state index in [-0.39, 0.29) is 0 Å². The summed E-state index contributed by atoms with van der Waals surface area (Å²) < 4.78 is 0. The normalized spacial score (nSPS) is 18.3. The first-order valence-corrected chi connectivity index (χ1v) is 7.93. The number of hydrogen-bond acceptors (Lipinski definition) is 2. The number of benzene rings is 1. The van der Waals surface area contributed by atoms with E-state index < -0.39 is 0 Å². The summed E-state index contributed by atoms with van der Waals surface area (Å²) in [6.45, 7) is 5.41. The van der Waals surface area contributed by atoms with Crippen LogP contribution in [-0.4, -0.2) is 0 Å². The van der Waals surface area contributed by atoms with Crippen LogP contribution in [0.3, 0.4) is 0 Å². The molecule has 1 atom stereocenters. The topological polar surface area (TPSA) is 12.0 Å². The van der Waals surface area contributed by atoms with Crippen molar-refractivity contribution in [3.8, 4) is 0 Å². The van der Waals surface area contributed by atoms with Crippen molar-refractivity contribution in [1.82, 2.24) is 5.32 Å². The lowest BCUT2D eigenvalue weighted by molar-refractivity contribution is 0.461. The molecule has 0 aliphatic heterocycles. The molecule has 0 saturated heterocycles. The average molecular weight is 271 g/mol. The van der Waals surface area contributed by atoms with Crippen LogP contribution < -0.4 is 5.32 Å². The second kappa shape index (κ2) is 5.48. The van der Waals surface area contributed by atoms with E-state index in [1.165, 1.54) is 45.7 Å². The number of hydrogen-bond donors (Lipinski definition) is 1. The standard InChI is InChI=1S/C17H21NS/c1-12-10-15(19-13(12)2)11-18-17-9-5-7-14-6-3-4-8-16(14)17/h3-4,6,8,10,17-18H,5,7,9,11H2,1-2H3. The molecule has 1 nitrogen and oxygen atoms in total. The highest BCUT2D eigenvalue weighted by molar-refractivity contribution is 7.12. The molecule has 1 aliphatic carbocycles. The minimum Gasteiger partial charge on any atom is -0.305 e. The molecule has 1 unspecified atom stereocenters. The van der Waals surface area contributed by atoms with Crippen molar-refractivity contribution in [2.75, 3.05) is 0 Å². The van der Waals surface area contributed by atoms with Crippen LogP contribution in [-0.2, 0) is 13.0 Å². The summed E-state index contributed by atoms with van der Waals surface area (Å²) in [7, 11) is 0. The maximum atomic E-state index is 3.75. The molecule has 2 aromatic rings. The lowest BCUT2D eigenvalue weighted by Crippen LogP contribution is -2.24. The highest BCUT2D eigenvalue weighted by Crippen LogP contribution is 2.30. The van der Waals surface area contributed by atoms with E-state index >= 15 is 0 Å². The van der Waals surface area contributed by atoms with Gasteiger partial charge in [-0.15, -0.1) is 11.3 Å². The third-order valence-electron chi connectivity index (χ3n) is 4.11. The van der Waals surface area contributed by atoms with Crippen LogP contribution in [0.2, 0.25) is 0 Å². The van der Waals surface area contributed by atoms with Crippen molar-refractivity contribution in [3.63, 3.8) is 0 Å².